The van der Waals surface area contributed by atoms with E-state index in [0.29, 0.717) is 26.6 Å². The summed E-state index contributed by atoms with van der Waals surface area (Å²) in [6, 6.07) is 11.4. The maximum Gasteiger partial charge on any atom is 0.264 e. The molecule has 2 aromatic carbocycles. The van der Waals surface area contributed by atoms with Crippen LogP contribution in [0.3, 0.4) is 0 Å². The van der Waals surface area contributed by atoms with Crippen molar-refractivity contribution in [3.05, 3.63) is 57.5 Å². The van der Waals surface area contributed by atoms with E-state index in [1.165, 1.54) is 31.5 Å². The molecule has 27 heavy (non-hydrogen) atoms. The van der Waals surface area contributed by atoms with Gasteiger partial charge in [-0.05, 0) is 59.7 Å². The number of hydrogen-bond donors (Lipinski definition) is 1. The molecule has 7 heteroatoms. The SMILES string of the molecule is CCc1ccc(N=C2NC(=O)/C(=C/c3cc(Cl)c(OC)c(OC)c3)S2)cc1. The lowest BCUT2D eigenvalue weighted by molar-refractivity contribution is -0.115. The Bertz CT molecular complexity index is 924. The van der Waals surface area contributed by atoms with Gasteiger partial charge in [-0.2, -0.15) is 0 Å². The van der Waals surface area contributed by atoms with Crippen molar-refractivity contribution in [2.24, 2.45) is 4.99 Å². The Kier molecular flexibility index (Phi) is 6.08. The Morgan fingerprint density at radius 3 is 2.56 bits per heavy atom. The van der Waals surface area contributed by atoms with Crippen LogP contribution in [0.2, 0.25) is 5.02 Å². The number of rotatable bonds is 5. The van der Waals surface area contributed by atoms with Gasteiger partial charge in [0, 0.05) is 0 Å². The van der Waals surface area contributed by atoms with E-state index in [4.69, 9.17) is 21.1 Å². The fourth-order valence-corrected chi connectivity index (χ4v) is 3.71. The topological polar surface area (TPSA) is 59.9 Å². The number of methoxy groups -OCH3 is 2. The minimum Gasteiger partial charge on any atom is -0.493 e. The highest BCUT2D eigenvalue weighted by molar-refractivity contribution is 8.18. The maximum absolute atomic E-state index is 12.3. The van der Waals surface area contributed by atoms with Crippen LogP contribution in [-0.4, -0.2) is 25.3 Å². The van der Waals surface area contributed by atoms with Crippen molar-refractivity contribution in [3.8, 4) is 11.5 Å². The molecule has 0 atom stereocenters. The molecule has 1 amide bonds. The first-order valence-electron chi connectivity index (χ1n) is 8.34. The van der Waals surface area contributed by atoms with E-state index in [1.807, 2.05) is 24.3 Å². The van der Waals surface area contributed by atoms with Crippen molar-refractivity contribution in [1.82, 2.24) is 5.32 Å². The number of nitrogens with zero attached hydrogens (tertiary/aromatic N) is 1. The van der Waals surface area contributed by atoms with Gasteiger partial charge in [-0.25, -0.2) is 4.99 Å². The van der Waals surface area contributed by atoms with Crippen molar-refractivity contribution in [3.63, 3.8) is 0 Å². The van der Waals surface area contributed by atoms with Gasteiger partial charge < -0.3 is 14.8 Å². The van der Waals surface area contributed by atoms with Gasteiger partial charge in [0.25, 0.3) is 5.91 Å². The number of thioether (sulfide) groups is 1. The third-order valence-electron chi connectivity index (χ3n) is 3.98. The second-order valence-electron chi connectivity index (χ2n) is 5.74. The van der Waals surface area contributed by atoms with Crippen LogP contribution in [0.5, 0.6) is 11.5 Å². The summed E-state index contributed by atoms with van der Waals surface area (Å²) < 4.78 is 10.5. The molecule has 5 nitrogen and oxygen atoms in total. The monoisotopic (exact) mass is 402 g/mol. The third kappa shape index (κ3) is 4.46. The molecule has 0 aliphatic carbocycles. The zero-order valence-corrected chi connectivity index (χ0v) is 16.8. The predicted molar refractivity (Wildman–Crippen MR) is 111 cm³/mol. The molecule has 140 valence electrons. The van der Waals surface area contributed by atoms with Crippen molar-refractivity contribution in [2.75, 3.05) is 14.2 Å². The zero-order valence-electron chi connectivity index (χ0n) is 15.2. The lowest BCUT2D eigenvalue weighted by Gasteiger charge is -2.10. The van der Waals surface area contributed by atoms with Gasteiger partial charge in [-0.1, -0.05) is 30.7 Å². The number of aliphatic imine (C=N–C) groups is 1. The van der Waals surface area contributed by atoms with E-state index >= 15 is 0 Å². The summed E-state index contributed by atoms with van der Waals surface area (Å²) >= 11 is 7.51. The van der Waals surface area contributed by atoms with E-state index in [2.05, 4.69) is 17.2 Å². The summed E-state index contributed by atoms with van der Waals surface area (Å²) in [5.74, 6) is 0.766. The molecule has 1 N–H and O–H groups in total. The van der Waals surface area contributed by atoms with Gasteiger partial charge in [0.1, 0.15) is 0 Å². The normalized spacial score (nSPS) is 16.7. The lowest BCUT2D eigenvalue weighted by atomic mass is 10.2. The molecule has 3 rings (SSSR count). The number of hydrogen-bond acceptors (Lipinski definition) is 5. The van der Waals surface area contributed by atoms with Crippen LogP contribution in [0.15, 0.2) is 46.3 Å². The first kappa shape index (κ1) is 19.3. The molecule has 0 saturated carbocycles. The molecule has 1 aliphatic heterocycles. The van der Waals surface area contributed by atoms with Gasteiger partial charge in [0.2, 0.25) is 0 Å². The van der Waals surface area contributed by atoms with Crippen molar-refractivity contribution in [2.45, 2.75) is 13.3 Å². The van der Waals surface area contributed by atoms with Crippen molar-refractivity contribution >= 4 is 46.2 Å². The van der Waals surface area contributed by atoms with Gasteiger partial charge in [0.15, 0.2) is 16.7 Å². The second-order valence-corrected chi connectivity index (χ2v) is 7.18. The largest absolute Gasteiger partial charge is 0.493 e. The Morgan fingerprint density at radius 1 is 1.19 bits per heavy atom. The quantitative estimate of drug-likeness (QED) is 0.729. The minimum atomic E-state index is -0.199. The lowest BCUT2D eigenvalue weighted by Crippen LogP contribution is -2.19. The highest BCUT2D eigenvalue weighted by Gasteiger charge is 2.24. The van der Waals surface area contributed by atoms with Crippen molar-refractivity contribution in [1.29, 1.82) is 0 Å². The van der Waals surface area contributed by atoms with Crippen LogP contribution in [0, 0.1) is 0 Å². The van der Waals surface area contributed by atoms with E-state index in [0.717, 1.165) is 17.7 Å². The van der Waals surface area contributed by atoms with Gasteiger partial charge >= 0.3 is 0 Å². The fourth-order valence-electron chi connectivity index (χ4n) is 2.58. The predicted octanol–water partition coefficient (Wildman–Crippen LogP) is 4.81. The number of amides is 1. The van der Waals surface area contributed by atoms with Gasteiger partial charge in [-0.15, -0.1) is 0 Å². The molecule has 1 saturated heterocycles. The number of ether oxygens (including phenoxy) is 2. The van der Waals surface area contributed by atoms with E-state index in [-0.39, 0.29) is 5.91 Å². The summed E-state index contributed by atoms with van der Waals surface area (Å²) in [6.07, 6.45) is 2.72. The second kappa shape index (κ2) is 8.50. The molecule has 1 aliphatic rings. The molecule has 0 unspecified atom stereocenters. The van der Waals surface area contributed by atoms with Crippen LogP contribution in [0.4, 0.5) is 5.69 Å². The Balaban J connectivity index is 1.84. The maximum atomic E-state index is 12.3. The van der Waals surface area contributed by atoms with E-state index in [1.54, 1.807) is 18.2 Å². The summed E-state index contributed by atoms with van der Waals surface area (Å²) in [5.41, 5.74) is 2.78. The number of carbonyl (C=O) groups excluding carboxylic acids is 1. The van der Waals surface area contributed by atoms with Crippen LogP contribution in [0.25, 0.3) is 6.08 Å². The number of nitrogens with one attached hydrogen (secondary N) is 1. The van der Waals surface area contributed by atoms with Crippen molar-refractivity contribution < 1.29 is 14.3 Å². The highest BCUT2D eigenvalue weighted by atomic mass is 35.5. The smallest absolute Gasteiger partial charge is 0.264 e. The summed E-state index contributed by atoms with van der Waals surface area (Å²) in [7, 11) is 3.06. The van der Waals surface area contributed by atoms with Gasteiger partial charge in [0.05, 0.1) is 29.8 Å². The molecular formula is C20H19ClN2O3S. The number of amidine groups is 1. The summed E-state index contributed by atoms with van der Waals surface area (Å²) in [4.78, 5) is 17.3. The first-order chi connectivity index (χ1) is 13.0. The zero-order chi connectivity index (χ0) is 19.4. The Labute approximate surface area is 167 Å². The van der Waals surface area contributed by atoms with Crippen LogP contribution in [-0.2, 0) is 11.2 Å². The molecule has 1 fully saturated rings. The first-order valence-corrected chi connectivity index (χ1v) is 9.53. The average molecular weight is 403 g/mol. The van der Waals surface area contributed by atoms with Gasteiger partial charge in [-0.3, -0.25) is 4.79 Å². The molecule has 0 spiro atoms. The Hall–Kier alpha value is -2.44. The van der Waals surface area contributed by atoms with Crippen LogP contribution in [0.1, 0.15) is 18.1 Å². The van der Waals surface area contributed by atoms with E-state index < -0.39 is 0 Å². The Morgan fingerprint density at radius 2 is 1.93 bits per heavy atom. The van der Waals surface area contributed by atoms with Crippen LogP contribution >= 0.6 is 23.4 Å². The number of carbonyl (C=O) groups is 1. The summed E-state index contributed by atoms with van der Waals surface area (Å²) in [5, 5.41) is 3.74. The standard InChI is InChI=1S/C20H19ClN2O3S/c1-4-12-5-7-14(8-6-12)22-20-23-19(24)17(27-20)11-13-9-15(21)18(26-3)16(10-13)25-2/h5-11H,4H2,1-3H3,(H,22,23,24)/b17-11-. The molecule has 0 radical (unpaired) electrons. The molecule has 0 aromatic heterocycles. The van der Waals surface area contributed by atoms with E-state index in [9.17, 15) is 4.79 Å². The highest BCUT2D eigenvalue weighted by Crippen LogP contribution is 2.37. The van der Waals surface area contributed by atoms with Crippen LogP contribution < -0.4 is 14.8 Å². The minimum absolute atomic E-state index is 0.199. The molecular weight excluding hydrogens is 384 g/mol. The molecule has 2 aromatic rings. The average Bonchev–Trinajstić information content (AvgIpc) is 3.00. The number of aryl methyl sites for hydroxylation is 1. The number of halogens is 1. The summed E-state index contributed by atoms with van der Waals surface area (Å²) in [6.45, 7) is 2.10. The third-order valence-corrected chi connectivity index (χ3v) is 5.17. The number of benzene rings is 2. The molecule has 0 bridgehead atoms. The molecule has 1 heterocycles. The fraction of sp³-hybridized carbons (Fsp3) is 0.200.